The fourth-order valence-corrected chi connectivity index (χ4v) is 6.59. The van der Waals surface area contributed by atoms with E-state index in [4.69, 9.17) is 14.6 Å². The van der Waals surface area contributed by atoms with Crippen molar-refractivity contribution in [1.29, 1.82) is 0 Å². The quantitative estimate of drug-likeness (QED) is 0.194. The molecule has 37 heavy (non-hydrogen) atoms. The average Bonchev–Trinajstić information content (AvgIpc) is 3.39. The lowest BCUT2D eigenvalue weighted by Crippen LogP contribution is -2.18. The van der Waals surface area contributed by atoms with Crippen LogP contribution in [0.15, 0.2) is 100 Å². The van der Waals surface area contributed by atoms with Gasteiger partial charge in [0.25, 0.3) is 11.3 Å². The average molecular weight is 560 g/mol. The Balaban J connectivity index is 1.39. The molecule has 1 atom stereocenters. The molecule has 0 radical (unpaired) electrons. The zero-order valence-corrected chi connectivity index (χ0v) is 21.5. The summed E-state index contributed by atoms with van der Waals surface area (Å²) in [5.74, 6) is -0.0101. The molecule has 3 aromatic carbocycles. The normalized spacial score (nSPS) is 12.0. The maximum atomic E-state index is 12.9. The van der Waals surface area contributed by atoms with Gasteiger partial charge in [0, 0.05) is 5.38 Å². The largest absolute Gasteiger partial charge is 0.490 e. The maximum absolute atomic E-state index is 12.9. The fraction of sp³-hybridized carbons (Fsp3) is 0.0800. The van der Waals surface area contributed by atoms with E-state index in [0.29, 0.717) is 17.2 Å². The summed E-state index contributed by atoms with van der Waals surface area (Å²) in [7, 11) is -3.76. The number of carboxylic acid groups (broad SMARTS) is 1. The van der Waals surface area contributed by atoms with Crippen LogP contribution in [-0.2, 0) is 21.1 Å². The molecule has 0 spiro atoms. The zero-order chi connectivity index (χ0) is 26.4. The predicted molar refractivity (Wildman–Crippen MR) is 140 cm³/mol. The number of anilines is 2. The van der Waals surface area contributed by atoms with Gasteiger partial charge in [0.05, 0.1) is 21.0 Å². The SMILES string of the molecule is O=C(O)c1ccc(OCCOc2ccc(N(c3cc(S(=O)(=O)c4ccccc4)cs3)S(=O)O)cc2)cc1. The lowest BCUT2D eigenvalue weighted by atomic mass is 10.2. The van der Waals surface area contributed by atoms with Gasteiger partial charge in [-0.2, -0.15) is 0 Å². The van der Waals surface area contributed by atoms with E-state index in [2.05, 4.69) is 0 Å². The first-order valence-corrected chi connectivity index (χ1v) is 14.2. The molecule has 1 aromatic heterocycles. The summed E-state index contributed by atoms with van der Waals surface area (Å²) in [5, 5.41) is 10.6. The van der Waals surface area contributed by atoms with Gasteiger partial charge in [-0.1, -0.05) is 18.2 Å². The molecule has 192 valence electrons. The summed E-state index contributed by atoms with van der Waals surface area (Å²) in [4.78, 5) is 11.1. The molecule has 0 amide bonds. The molecular weight excluding hydrogens is 538 g/mol. The van der Waals surface area contributed by atoms with Crippen LogP contribution < -0.4 is 13.8 Å². The van der Waals surface area contributed by atoms with E-state index in [-0.39, 0.29) is 33.6 Å². The number of carboxylic acids is 1. The maximum Gasteiger partial charge on any atom is 0.335 e. The van der Waals surface area contributed by atoms with Gasteiger partial charge in [-0.05, 0) is 66.7 Å². The van der Waals surface area contributed by atoms with Crippen LogP contribution in [0.3, 0.4) is 0 Å². The predicted octanol–water partition coefficient (Wildman–Crippen LogP) is 5.01. The topological polar surface area (TPSA) is 130 Å². The summed E-state index contributed by atoms with van der Waals surface area (Å²) >= 11 is -1.41. The molecule has 4 rings (SSSR count). The third kappa shape index (κ3) is 6.35. The summed E-state index contributed by atoms with van der Waals surface area (Å²) in [6.45, 7) is 0.427. The summed E-state index contributed by atoms with van der Waals surface area (Å²) < 4.78 is 60.1. The molecule has 4 aromatic rings. The van der Waals surface area contributed by atoms with Gasteiger partial charge >= 0.3 is 5.97 Å². The zero-order valence-electron chi connectivity index (χ0n) is 19.1. The molecule has 0 saturated heterocycles. The third-order valence-electron chi connectivity index (χ3n) is 5.08. The van der Waals surface area contributed by atoms with Crippen molar-refractivity contribution in [3.05, 3.63) is 95.9 Å². The molecule has 0 aliphatic heterocycles. The molecule has 0 fully saturated rings. The summed E-state index contributed by atoms with van der Waals surface area (Å²) in [6.07, 6.45) is 0. The van der Waals surface area contributed by atoms with Gasteiger partial charge in [0.2, 0.25) is 9.84 Å². The van der Waals surface area contributed by atoms with Crippen LogP contribution >= 0.6 is 11.3 Å². The van der Waals surface area contributed by atoms with Gasteiger partial charge < -0.3 is 14.6 Å². The van der Waals surface area contributed by atoms with E-state index in [9.17, 15) is 22.0 Å². The molecule has 0 bridgehead atoms. The first kappa shape index (κ1) is 26.4. The highest BCUT2D eigenvalue weighted by Crippen LogP contribution is 2.36. The third-order valence-corrected chi connectivity index (χ3v) is 8.72. The molecule has 0 aliphatic rings. The van der Waals surface area contributed by atoms with Crippen molar-refractivity contribution in [2.75, 3.05) is 17.5 Å². The van der Waals surface area contributed by atoms with Crippen molar-refractivity contribution < 1.29 is 36.6 Å². The number of rotatable bonds is 11. The van der Waals surface area contributed by atoms with Crippen molar-refractivity contribution in [2.24, 2.45) is 0 Å². The summed E-state index contributed by atoms with van der Waals surface area (Å²) in [5.41, 5.74) is 0.534. The lowest BCUT2D eigenvalue weighted by molar-refractivity contribution is 0.0696. The molecule has 1 unspecified atom stereocenters. The molecular formula is C25H21NO8S3. The first-order valence-electron chi connectivity index (χ1n) is 10.7. The smallest absolute Gasteiger partial charge is 0.335 e. The molecule has 12 heteroatoms. The highest BCUT2D eigenvalue weighted by atomic mass is 32.2. The van der Waals surface area contributed by atoms with Gasteiger partial charge in [0.1, 0.15) is 29.7 Å². The number of nitrogens with zero attached hydrogens (tertiary/aromatic N) is 1. The van der Waals surface area contributed by atoms with Gasteiger partial charge in [0.15, 0.2) is 0 Å². The minimum absolute atomic E-state index is 0.0340. The summed E-state index contributed by atoms with van der Waals surface area (Å²) in [6, 6.07) is 21.7. The number of hydrogen-bond donors (Lipinski definition) is 2. The van der Waals surface area contributed by atoms with Crippen LogP contribution in [0.4, 0.5) is 10.7 Å². The van der Waals surface area contributed by atoms with E-state index in [1.54, 1.807) is 54.6 Å². The van der Waals surface area contributed by atoms with Crippen molar-refractivity contribution in [2.45, 2.75) is 9.79 Å². The Morgan fingerprint density at radius 1 is 0.865 bits per heavy atom. The van der Waals surface area contributed by atoms with E-state index in [1.165, 1.54) is 35.7 Å². The van der Waals surface area contributed by atoms with E-state index >= 15 is 0 Å². The lowest BCUT2D eigenvalue weighted by Gasteiger charge is -2.18. The second-order valence-electron chi connectivity index (χ2n) is 7.48. The Hall–Kier alpha value is -3.71. The van der Waals surface area contributed by atoms with Crippen molar-refractivity contribution in [1.82, 2.24) is 0 Å². The second-order valence-corrected chi connectivity index (χ2v) is 11.1. The van der Waals surface area contributed by atoms with Crippen LogP contribution in [0.2, 0.25) is 0 Å². The molecule has 9 nitrogen and oxygen atoms in total. The van der Waals surface area contributed by atoms with Crippen molar-refractivity contribution in [3.8, 4) is 11.5 Å². The van der Waals surface area contributed by atoms with Crippen molar-refractivity contribution >= 4 is 49.1 Å². The number of aromatic carboxylic acids is 1. The Kier molecular flexibility index (Phi) is 8.24. The van der Waals surface area contributed by atoms with Gasteiger partial charge in [-0.3, -0.25) is 4.55 Å². The Bertz CT molecular complexity index is 1490. The van der Waals surface area contributed by atoms with E-state index in [0.717, 1.165) is 15.6 Å². The minimum atomic E-state index is -3.76. The Morgan fingerprint density at radius 3 is 1.97 bits per heavy atom. The van der Waals surface area contributed by atoms with Crippen LogP contribution in [0.1, 0.15) is 10.4 Å². The minimum Gasteiger partial charge on any atom is -0.490 e. The Labute approximate surface area is 219 Å². The highest BCUT2D eigenvalue weighted by molar-refractivity contribution is 7.91. The molecule has 0 saturated carbocycles. The fourth-order valence-electron chi connectivity index (χ4n) is 3.28. The first-order chi connectivity index (χ1) is 17.8. The number of sulfone groups is 1. The van der Waals surface area contributed by atoms with Crippen LogP contribution in [0, 0.1) is 0 Å². The molecule has 0 aliphatic carbocycles. The standard InChI is InChI=1S/C25H21NO8S3/c27-25(28)18-6-10-20(11-7-18)33-14-15-34-21-12-8-19(9-13-21)26(36(29)30)24-16-23(17-35-24)37(31,32)22-4-2-1-3-5-22/h1-13,16-17H,14-15H2,(H,27,28)(H,29,30). The molecule has 1 heterocycles. The van der Waals surface area contributed by atoms with E-state index < -0.39 is 27.1 Å². The monoisotopic (exact) mass is 559 g/mol. The number of thiophene rings is 1. The van der Waals surface area contributed by atoms with E-state index in [1.807, 2.05) is 0 Å². The number of hydrogen-bond acceptors (Lipinski definition) is 7. The van der Waals surface area contributed by atoms with Crippen LogP contribution in [0.5, 0.6) is 11.5 Å². The molecule has 2 N–H and O–H groups in total. The number of benzene rings is 3. The highest BCUT2D eigenvalue weighted by Gasteiger charge is 2.23. The van der Waals surface area contributed by atoms with Crippen LogP contribution in [0.25, 0.3) is 0 Å². The number of carbonyl (C=O) groups is 1. The van der Waals surface area contributed by atoms with Crippen LogP contribution in [-0.4, -0.2) is 41.5 Å². The van der Waals surface area contributed by atoms with Gasteiger partial charge in [-0.25, -0.2) is 21.7 Å². The van der Waals surface area contributed by atoms with Crippen molar-refractivity contribution in [3.63, 3.8) is 0 Å². The number of ether oxygens (including phenoxy) is 2. The van der Waals surface area contributed by atoms with Gasteiger partial charge in [-0.15, -0.1) is 11.3 Å². The second kappa shape index (κ2) is 11.6. The Morgan fingerprint density at radius 2 is 1.43 bits per heavy atom.